The fraction of sp³-hybridized carbons (Fsp3) is 0.333. The Bertz CT molecular complexity index is 624. The first-order valence-electron chi connectivity index (χ1n) is 6.61. The SMILES string of the molecule is CCc1occc1C(N)c1cc2c(cc1Cl)OCCO2. The summed E-state index contributed by atoms with van der Waals surface area (Å²) in [6.45, 7) is 3.10. The zero-order valence-electron chi connectivity index (χ0n) is 11.2. The first-order valence-corrected chi connectivity index (χ1v) is 6.99. The largest absolute Gasteiger partial charge is 0.486 e. The standard InChI is InChI=1S/C15H16ClNO3/c1-2-12-9(3-4-18-12)15(17)10-7-13-14(8-11(10)16)20-6-5-19-13/h3-4,7-8,15H,2,5-6,17H2,1H3. The minimum atomic E-state index is -0.341. The average Bonchev–Trinajstić information content (AvgIpc) is 2.94. The Hall–Kier alpha value is -1.65. The van der Waals surface area contributed by atoms with Crippen molar-refractivity contribution in [2.75, 3.05) is 13.2 Å². The quantitative estimate of drug-likeness (QED) is 0.943. The Morgan fingerprint density at radius 1 is 1.20 bits per heavy atom. The molecular weight excluding hydrogens is 278 g/mol. The van der Waals surface area contributed by atoms with Gasteiger partial charge in [0.15, 0.2) is 11.5 Å². The summed E-state index contributed by atoms with van der Waals surface area (Å²) in [6, 6.07) is 5.16. The van der Waals surface area contributed by atoms with Gasteiger partial charge in [0, 0.05) is 23.1 Å². The van der Waals surface area contributed by atoms with E-state index in [-0.39, 0.29) is 6.04 Å². The van der Waals surface area contributed by atoms with E-state index >= 15 is 0 Å². The van der Waals surface area contributed by atoms with Crippen molar-refractivity contribution < 1.29 is 13.9 Å². The lowest BCUT2D eigenvalue weighted by Gasteiger charge is -2.21. The lowest BCUT2D eigenvalue weighted by atomic mass is 9.98. The average molecular weight is 294 g/mol. The minimum absolute atomic E-state index is 0.341. The molecule has 1 atom stereocenters. The van der Waals surface area contributed by atoms with Gasteiger partial charge in [-0.05, 0) is 17.7 Å². The zero-order chi connectivity index (χ0) is 14.1. The summed E-state index contributed by atoms with van der Waals surface area (Å²) in [4.78, 5) is 0. The fourth-order valence-corrected chi connectivity index (χ4v) is 2.67. The molecule has 0 amide bonds. The Labute approximate surface area is 122 Å². The maximum Gasteiger partial charge on any atom is 0.162 e. The van der Waals surface area contributed by atoms with E-state index in [4.69, 9.17) is 31.2 Å². The Balaban J connectivity index is 2.01. The van der Waals surface area contributed by atoms with Gasteiger partial charge in [-0.15, -0.1) is 0 Å². The van der Waals surface area contributed by atoms with Crippen molar-refractivity contribution in [2.45, 2.75) is 19.4 Å². The second-order valence-electron chi connectivity index (χ2n) is 4.65. The molecule has 1 unspecified atom stereocenters. The first-order chi connectivity index (χ1) is 9.70. The number of furan rings is 1. The van der Waals surface area contributed by atoms with E-state index in [1.165, 1.54) is 0 Å². The molecule has 0 radical (unpaired) electrons. The number of rotatable bonds is 3. The molecule has 2 N–H and O–H groups in total. The van der Waals surface area contributed by atoms with Gasteiger partial charge in [0.05, 0.1) is 12.3 Å². The Morgan fingerprint density at radius 3 is 2.60 bits per heavy atom. The van der Waals surface area contributed by atoms with Crippen LogP contribution in [-0.2, 0) is 6.42 Å². The minimum Gasteiger partial charge on any atom is -0.486 e. The number of ether oxygens (including phenoxy) is 2. The van der Waals surface area contributed by atoms with Gasteiger partial charge in [-0.25, -0.2) is 0 Å². The van der Waals surface area contributed by atoms with Gasteiger partial charge >= 0.3 is 0 Å². The number of hydrogen-bond acceptors (Lipinski definition) is 4. The number of hydrogen-bond donors (Lipinski definition) is 1. The zero-order valence-corrected chi connectivity index (χ0v) is 11.9. The monoisotopic (exact) mass is 293 g/mol. The number of halogens is 1. The summed E-state index contributed by atoms with van der Waals surface area (Å²) < 4.78 is 16.5. The van der Waals surface area contributed by atoms with Crippen LogP contribution in [0.2, 0.25) is 5.02 Å². The van der Waals surface area contributed by atoms with Gasteiger partial charge in [-0.2, -0.15) is 0 Å². The van der Waals surface area contributed by atoms with Crippen LogP contribution >= 0.6 is 11.6 Å². The molecule has 0 fully saturated rings. The lowest BCUT2D eigenvalue weighted by Crippen LogP contribution is -2.18. The van der Waals surface area contributed by atoms with E-state index in [0.717, 1.165) is 23.3 Å². The van der Waals surface area contributed by atoms with Crippen molar-refractivity contribution in [1.82, 2.24) is 0 Å². The van der Waals surface area contributed by atoms with Crippen LogP contribution in [0.25, 0.3) is 0 Å². The summed E-state index contributed by atoms with van der Waals surface area (Å²) in [5.74, 6) is 2.23. The Morgan fingerprint density at radius 2 is 1.90 bits per heavy atom. The molecule has 0 bridgehead atoms. The highest BCUT2D eigenvalue weighted by Gasteiger charge is 2.22. The molecule has 1 aromatic heterocycles. The molecule has 20 heavy (non-hydrogen) atoms. The molecular formula is C15H16ClNO3. The number of nitrogens with two attached hydrogens (primary N) is 1. The lowest BCUT2D eigenvalue weighted by molar-refractivity contribution is 0.171. The van der Waals surface area contributed by atoms with Crippen LogP contribution in [0, 0.1) is 0 Å². The molecule has 1 aliphatic heterocycles. The number of aryl methyl sites for hydroxylation is 1. The highest BCUT2D eigenvalue weighted by molar-refractivity contribution is 6.31. The Kier molecular flexibility index (Phi) is 3.59. The van der Waals surface area contributed by atoms with Gasteiger partial charge < -0.3 is 19.6 Å². The smallest absolute Gasteiger partial charge is 0.162 e. The van der Waals surface area contributed by atoms with Crippen LogP contribution in [0.5, 0.6) is 11.5 Å². The summed E-state index contributed by atoms with van der Waals surface area (Å²) >= 11 is 6.32. The highest BCUT2D eigenvalue weighted by atomic mass is 35.5. The first kappa shape index (κ1) is 13.3. The van der Waals surface area contributed by atoms with Gasteiger partial charge in [-0.3, -0.25) is 0 Å². The topological polar surface area (TPSA) is 57.6 Å². The van der Waals surface area contributed by atoms with Gasteiger partial charge in [-0.1, -0.05) is 18.5 Å². The van der Waals surface area contributed by atoms with E-state index in [1.54, 1.807) is 12.3 Å². The third kappa shape index (κ3) is 2.25. The van der Waals surface area contributed by atoms with Crippen LogP contribution in [0.15, 0.2) is 28.9 Å². The van der Waals surface area contributed by atoms with Gasteiger partial charge in [0.25, 0.3) is 0 Å². The molecule has 3 rings (SSSR count). The summed E-state index contributed by atoms with van der Waals surface area (Å²) in [7, 11) is 0. The maximum atomic E-state index is 6.33. The summed E-state index contributed by atoms with van der Waals surface area (Å²) in [6.07, 6.45) is 2.44. The highest BCUT2D eigenvalue weighted by Crippen LogP contribution is 2.39. The second kappa shape index (κ2) is 5.38. The van der Waals surface area contributed by atoms with Gasteiger partial charge in [0.2, 0.25) is 0 Å². The molecule has 1 aliphatic rings. The summed E-state index contributed by atoms with van der Waals surface area (Å²) in [5.41, 5.74) is 8.09. The van der Waals surface area contributed by atoms with E-state index in [1.807, 2.05) is 19.1 Å². The van der Waals surface area contributed by atoms with Crippen LogP contribution in [0.4, 0.5) is 0 Å². The van der Waals surface area contributed by atoms with E-state index < -0.39 is 0 Å². The number of benzene rings is 1. The van der Waals surface area contributed by atoms with Crippen molar-refractivity contribution in [3.05, 3.63) is 46.4 Å². The molecule has 5 heteroatoms. The van der Waals surface area contributed by atoms with Crippen LogP contribution in [-0.4, -0.2) is 13.2 Å². The second-order valence-corrected chi connectivity index (χ2v) is 5.05. The molecule has 0 saturated heterocycles. The maximum absolute atomic E-state index is 6.33. The molecule has 2 heterocycles. The van der Waals surface area contributed by atoms with Crippen molar-refractivity contribution in [2.24, 2.45) is 5.73 Å². The van der Waals surface area contributed by atoms with Crippen molar-refractivity contribution in [3.63, 3.8) is 0 Å². The number of fused-ring (bicyclic) bond motifs is 1. The van der Waals surface area contributed by atoms with E-state index in [9.17, 15) is 0 Å². The predicted molar refractivity (Wildman–Crippen MR) is 76.6 cm³/mol. The van der Waals surface area contributed by atoms with Gasteiger partial charge in [0.1, 0.15) is 19.0 Å². The molecule has 1 aromatic carbocycles. The van der Waals surface area contributed by atoms with Crippen molar-refractivity contribution in [1.29, 1.82) is 0 Å². The molecule has 0 spiro atoms. The molecule has 0 saturated carbocycles. The van der Waals surface area contributed by atoms with Crippen LogP contribution in [0.1, 0.15) is 29.9 Å². The van der Waals surface area contributed by atoms with Crippen LogP contribution < -0.4 is 15.2 Å². The fourth-order valence-electron chi connectivity index (χ4n) is 2.40. The third-order valence-corrected chi connectivity index (χ3v) is 3.76. The van der Waals surface area contributed by atoms with Crippen molar-refractivity contribution in [3.8, 4) is 11.5 Å². The molecule has 2 aromatic rings. The van der Waals surface area contributed by atoms with Crippen molar-refractivity contribution >= 4 is 11.6 Å². The van der Waals surface area contributed by atoms with Crippen LogP contribution in [0.3, 0.4) is 0 Å². The molecule has 4 nitrogen and oxygen atoms in total. The van der Waals surface area contributed by atoms with E-state index in [2.05, 4.69) is 0 Å². The molecule has 106 valence electrons. The summed E-state index contributed by atoms with van der Waals surface area (Å²) in [5, 5.41) is 0.574. The normalized spacial score (nSPS) is 15.2. The third-order valence-electron chi connectivity index (χ3n) is 3.43. The van der Waals surface area contributed by atoms with E-state index in [0.29, 0.717) is 29.7 Å². The predicted octanol–water partition coefficient (Wildman–Crippen LogP) is 3.31. The molecule has 0 aliphatic carbocycles.